The predicted molar refractivity (Wildman–Crippen MR) is 103 cm³/mol. The van der Waals surface area contributed by atoms with Gasteiger partial charge < -0.3 is 4.90 Å². The number of aromatic nitrogens is 3. The van der Waals surface area contributed by atoms with Gasteiger partial charge in [0.1, 0.15) is 0 Å². The summed E-state index contributed by atoms with van der Waals surface area (Å²) in [5.74, 6) is 0.245. The van der Waals surface area contributed by atoms with Gasteiger partial charge in [0.2, 0.25) is 5.91 Å². The molecule has 0 radical (unpaired) electrons. The van der Waals surface area contributed by atoms with E-state index in [1.807, 2.05) is 24.2 Å². The minimum Gasteiger partial charge on any atom is -0.336 e. The standard InChI is InChI=1S/C21H27N5O/c1-17-11-24-19(12-23-17)14-26-16-21(7-3-20(26)27)6-2-10-25(15-21)13-18-4-8-22-9-5-18/h4-5,8-9,11-12H,2-3,6-7,10,13-16H2,1H3/t21-/m1/s1. The second-order valence-electron chi connectivity index (χ2n) is 8.07. The summed E-state index contributed by atoms with van der Waals surface area (Å²) in [4.78, 5) is 29.9. The molecule has 2 saturated heterocycles. The lowest BCUT2D eigenvalue weighted by molar-refractivity contribution is -0.140. The number of likely N-dealkylation sites (tertiary alicyclic amines) is 2. The maximum Gasteiger partial charge on any atom is 0.222 e. The minimum absolute atomic E-state index is 0.206. The Morgan fingerprint density at radius 2 is 1.93 bits per heavy atom. The average molecular weight is 365 g/mol. The van der Waals surface area contributed by atoms with Crippen molar-refractivity contribution in [3.63, 3.8) is 0 Å². The molecule has 1 amide bonds. The lowest BCUT2D eigenvalue weighted by Gasteiger charge is -2.48. The molecule has 6 heteroatoms. The number of carbonyl (C=O) groups excluding carboxylic acids is 1. The van der Waals surface area contributed by atoms with E-state index in [0.29, 0.717) is 13.0 Å². The van der Waals surface area contributed by atoms with Crippen LogP contribution in [0, 0.1) is 12.3 Å². The zero-order valence-electron chi connectivity index (χ0n) is 16.0. The third-order valence-corrected chi connectivity index (χ3v) is 5.83. The summed E-state index contributed by atoms with van der Waals surface area (Å²) in [6.45, 7) is 6.46. The number of carbonyl (C=O) groups is 1. The van der Waals surface area contributed by atoms with Crippen LogP contribution in [0.15, 0.2) is 36.9 Å². The van der Waals surface area contributed by atoms with Gasteiger partial charge in [-0.1, -0.05) is 0 Å². The number of rotatable bonds is 4. The van der Waals surface area contributed by atoms with Crippen molar-refractivity contribution in [1.82, 2.24) is 24.8 Å². The molecule has 1 spiro atoms. The summed E-state index contributed by atoms with van der Waals surface area (Å²) in [5, 5.41) is 0. The van der Waals surface area contributed by atoms with Crippen LogP contribution < -0.4 is 0 Å². The maximum atomic E-state index is 12.5. The number of aryl methyl sites for hydroxylation is 1. The molecule has 0 aromatic carbocycles. The fourth-order valence-electron chi connectivity index (χ4n) is 4.47. The van der Waals surface area contributed by atoms with Gasteiger partial charge in [0.25, 0.3) is 0 Å². The number of nitrogens with zero attached hydrogens (tertiary/aromatic N) is 5. The topological polar surface area (TPSA) is 62.2 Å². The van der Waals surface area contributed by atoms with Crippen LogP contribution in [-0.2, 0) is 17.9 Å². The van der Waals surface area contributed by atoms with Gasteiger partial charge >= 0.3 is 0 Å². The summed E-state index contributed by atoms with van der Waals surface area (Å²) < 4.78 is 0. The average Bonchev–Trinajstić information content (AvgIpc) is 2.68. The van der Waals surface area contributed by atoms with E-state index in [-0.39, 0.29) is 11.3 Å². The first-order valence-electron chi connectivity index (χ1n) is 9.79. The molecule has 0 N–H and O–H groups in total. The van der Waals surface area contributed by atoms with Crippen LogP contribution in [0.3, 0.4) is 0 Å². The van der Waals surface area contributed by atoms with Crippen molar-refractivity contribution in [3.05, 3.63) is 53.9 Å². The molecule has 2 aliphatic rings. The van der Waals surface area contributed by atoms with E-state index in [1.54, 1.807) is 12.4 Å². The van der Waals surface area contributed by atoms with Crippen molar-refractivity contribution in [3.8, 4) is 0 Å². The normalized spacial score (nSPS) is 23.7. The molecule has 2 aliphatic heterocycles. The molecule has 4 rings (SSSR count). The lowest BCUT2D eigenvalue weighted by atomic mass is 9.73. The number of amides is 1. The van der Waals surface area contributed by atoms with Crippen LogP contribution >= 0.6 is 0 Å². The van der Waals surface area contributed by atoms with Crippen LogP contribution in [0.4, 0.5) is 0 Å². The van der Waals surface area contributed by atoms with Gasteiger partial charge in [-0.15, -0.1) is 0 Å². The summed E-state index contributed by atoms with van der Waals surface area (Å²) in [5.41, 5.74) is 3.28. The Morgan fingerprint density at radius 3 is 2.70 bits per heavy atom. The van der Waals surface area contributed by atoms with Crippen LogP contribution in [0.25, 0.3) is 0 Å². The Morgan fingerprint density at radius 1 is 1.07 bits per heavy atom. The summed E-state index contributed by atoms with van der Waals surface area (Å²) in [6.07, 6.45) is 11.3. The minimum atomic E-state index is 0.206. The van der Waals surface area contributed by atoms with Gasteiger partial charge in [-0.3, -0.25) is 24.6 Å². The van der Waals surface area contributed by atoms with Crippen LogP contribution in [-0.4, -0.2) is 50.3 Å². The zero-order chi connectivity index (χ0) is 18.7. The Labute approximate surface area is 160 Å². The van der Waals surface area contributed by atoms with Crippen molar-refractivity contribution in [1.29, 1.82) is 0 Å². The first kappa shape index (κ1) is 18.0. The van der Waals surface area contributed by atoms with E-state index in [4.69, 9.17) is 0 Å². The van der Waals surface area contributed by atoms with E-state index in [1.165, 1.54) is 18.4 Å². The molecule has 2 fully saturated rings. The van der Waals surface area contributed by atoms with Crippen molar-refractivity contribution in [2.24, 2.45) is 5.41 Å². The molecule has 0 aliphatic carbocycles. The fraction of sp³-hybridized carbons (Fsp3) is 0.524. The first-order chi connectivity index (χ1) is 13.1. The van der Waals surface area contributed by atoms with Crippen molar-refractivity contribution in [2.45, 2.75) is 45.7 Å². The van der Waals surface area contributed by atoms with E-state index in [9.17, 15) is 4.79 Å². The highest BCUT2D eigenvalue weighted by Crippen LogP contribution is 2.39. The van der Waals surface area contributed by atoms with Gasteiger partial charge in [0.15, 0.2) is 0 Å². The largest absolute Gasteiger partial charge is 0.336 e. The number of hydrogen-bond acceptors (Lipinski definition) is 5. The Balaban J connectivity index is 1.43. The van der Waals surface area contributed by atoms with Gasteiger partial charge in [0, 0.05) is 50.1 Å². The molecule has 0 unspecified atom stereocenters. The molecule has 1 atom stereocenters. The maximum absolute atomic E-state index is 12.5. The van der Waals surface area contributed by atoms with E-state index < -0.39 is 0 Å². The molecule has 2 aromatic rings. The Hall–Kier alpha value is -2.34. The molecule has 142 valence electrons. The summed E-state index contributed by atoms with van der Waals surface area (Å²) in [7, 11) is 0. The summed E-state index contributed by atoms with van der Waals surface area (Å²) >= 11 is 0. The van der Waals surface area contributed by atoms with Crippen LogP contribution in [0.2, 0.25) is 0 Å². The number of hydrogen-bond donors (Lipinski definition) is 0. The highest BCUT2D eigenvalue weighted by molar-refractivity contribution is 5.77. The van der Waals surface area contributed by atoms with E-state index in [0.717, 1.165) is 44.0 Å². The van der Waals surface area contributed by atoms with E-state index in [2.05, 4.69) is 32.0 Å². The van der Waals surface area contributed by atoms with Crippen LogP contribution in [0.1, 0.15) is 42.6 Å². The van der Waals surface area contributed by atoms with Crippen LogP contribution in [0.5, 0.6) is 0 Å². The predicted octanol–water partition coefficient (Wildman–Crippen LogP) is 2.58. The quantitative estimate of drug-likeness (QED) is 0.833. The van der Waals surface area contributed by atoms with Gasteiger partial charge in [-0.05, 0) is 50.4 Å². The second-order valence-corrected chi connectivity index (χ2v) is 8.07. The summed E-state index contributed by atoms with van der Waals surface area (Å²) in [6, 6.07) is 4.18. The molecule has 4 heterocycles. The highest BCUT2D eigenvalue weighted by Gasteiger charge is 2.41. The number of piperidine rings is 2. The highest BCUT2D eigenvalue weighted by atomic mass is 16.2. The van der Waals surface area contributed by atoms with Gasteiger partial charge in [-0.2, -0.15) is 0 Å². The molecular formula is C21H27N5O. The molecule has 0 saturated carbocycles. The first-order valence-corrected chi connectivity index (χ1v) is 9.79. The van der Waals surface area contributed by atoms with E-state index >= 15 is 0 Å². The van der Waals surface area contributed by atoms with Crippen molar-refractivity contribution < 1.29 is 4.79 Å². The molecule has 27 heavy (non-hydrogen) atoms. The lowest BCUT2D eigenvalue weighted by Crippen LogP contribution is -2.53. The zero-order valence-corrected chi connectivity index (χ0v) is 16.0. The van der Waals surface area contributed by atoms with Crippen molar-refractivity contribution >= 4 is 5.91 Å². The van der Waals surface area contributed by atoms with Gasteiger partial charge in [0.05, 0.1) is 24.1 Å². The smallest absolute Gasteiger partial charge is 0.222 e. The SMILES string of the molecule is Cc1cnc(CN2C[C@]3(CCCN(Cc4ccncc4)C3)CCC2=O)cn1. The third-order valence-electron chi connectivity index (χ3n) is 5.83. The second kappa shape index (κ2) is 7.72. The monoisotopic (exact) mass is 365 g/mol. The Kier molecular flexibility index (Phi) is 5.16. The number of pyridine rings is 1. The van der Waals surface area contributed by atoms with Crippen molar-refractivity contribution in [2.75, 3.05) is 19.6 Å². The Bertz CT molecular complexity index is 779. The third kappa shape index (κ3) is 4.33. The fourth-order valence-corrected chi connectivity index (χ4v) is 4.47. The molecular weight excluding hydrogens is 338 g/mol. The van der Waals surface area contributed by atoms with Gasteiger partial charge in [-0.25, -0.2) is 0 Å². The molecule has 2 aromatic heterocycles. The molecule has 0 bridgehead atoms. The molecule has 6 nitrogen and oxygen atoms in total.